The second-order valence-electron chi connectivity index (χ2n) is 5.33. The molecule has 0 saturated carbocycles. The molecule has 3 aromatic rings. The van der Waals surface area contributed by atoms with E-state index in [9.17, 15) is 9.90 Å². The minimum atomic E-state index is -0.293. The summed E-state index contributed by atoms with van der Waals surface area (Å²) < 4.78 is 27.2. The van der Waals surface area contributed by atoms with Gasteiger partial charge in [-0.1, -0.05) is 12.1 Å². The van der Waals surface area contributed by atoms with Gasteiger partial charge in [0.25, 0.3) is 0 Å². The molecule has 0 unspecified atom stereocenters. The van der Waals surface area contributed by atoms with E-state index >= 15 is 0 Å². The van der Waals surface area contributed by atoms with E-state index in [4.69, 9.17) is 23.4 Å². The molecule has 3 rings (SSSR count). The highest BCUT2D eigenvalue weighted by Gasteiger charge is 2.30. The third kappa shape index (κ3) is 2.57. The van der Waals surface area contributed by atoms with Crippen LogP contribution in [0.1, 0.15) is 0 Å². The summed E-state index contributed by atoms with van der Waals surface area (Å²) in [6.07, 6.45) is 0. The van der Waals surface area contributed by atoms with Crippen molar-refractivity contribution in [2.75, 3.05) is 28.4 Å². The van der Waals surface area contributed by atoms with Gasteiger partial charge in [-0.15, -0.1) is 0 Å². The molecule has 1 heterocycles. The lowest BCUT2D eigenvalue weighted by molar-refractivity contribution is 0.298. The van der Waals surface area contributed by atoms with Gasteiger partial charge < -0.3 is 28.5 Å². The SMILES string of the molecule is COc1c(O)c(OC)c(-c2cc(=O)c3ccccc3o2)c(OC)c1OC. The van der Waals surface area contributed by atoms with Crippen molar-refractivity contribution in [2.45, 2.75) is 0 Å². The molecule has 0 aliphatic rings. The van der Waals surface area contributed by atoms with Gasteiger partial charge in [0.2, 0.25) is 17.2 Å². The van der Waals surface area contributed by atoms with Crippen molar-refractivity contribution in [3.8, 4) is 40.1 Å². The van der Waals surface area contributed by atoms with Crippen molar-refractivity contribution >= 4 is 11.0 Å². The maximum Gasteiger partial charge on any atom is 0.211 e. The Morgan fingerprint density at radius 3 is 2.08 bits per heavy atom. The van der Waals surface area contributed by atoms with Crippen LogP contribution in [0.5, 0.6) is 28.7 Å². The van der Waals surface area contributed by atoms with Gasteiger partial charge in [0, 0.05) is 6.07 Å². The first-order valence-corrected chi connectivity index (χ1v) is 7.69. The van der Waals surface area contributed by atoms with Crippen LogP contribution in [-0.2, 0) is 0 Å². The Morgan fingerprint density at radius 1 is 0.846 bits per heavy atom. The highest BCUT2D eigenvalue weighted by molar-refractivity contribution is 5.86. The van der Waals surface area contributed by atoms with Crippen molar-refractivity contribution in [1.29, 1.82) is 0 Å². The molecule has 7 nitrogen and oxygen atoms in total. The molecule has 136 valence electrons. The number of para-hydroxylation sites is 1. The number of benzene rings is 2. The molecule has 26 heavy (non-hydrogen) atoms. The molecule has 0 fully saturated rings. The minimum absolute atomic E-state index is 0.0398. The zero-order valence-electron chi connectivity index (χ0n) is 14.8. The minimum Gasteiger partial charge on any atom is -0.502 e. The van der Waals surface area contributed by atoms with Gasteiger partial charge in [-0.25, -0.2) is 0 Å². The largest absolute Gasteiger partial charge is 0.502 e. The topological polar surface area (TPSA) is 87.4 Å². The summed E-state index contributed by atoms with van der Waals surface area (Å²) >= 11 is 0. The predicted molar refractivity (Wildman–Crippen MR) is 95.8 cm³/mol. The van der Waals surface area contributed by atoms with E-state index in [1.54, 1.807) is 24.3 Å². The number of hydrogen-bond donors (Lipinski definition) is 1. The molecular weight excluding hydrogens is 340 g/mol. The molecule has 7 heteroatoms. The van der Waals surface area contributed by atoms with Crippen LogP contribution in [0.2, 0.25) is 0 Å². The van der Waals surface area contributed by atoms with Crippen LogP contribution in [0.3, 0.4) is 0 Å². The Labute approximate surface area is 149 Å². The molecule has 1 N–H and O–H groups in total. The van der Waals surface area contributed by atoms with Crippen LogP contribution in [0.15, 0.2) is 39.5 Å². The maximum absolute atomic E-state index is 12.5. The Bertz CT molecular complexity index is 1020. The Morgan fingerprint density at radius 2 is 1.46 bits per heavy atom. The van der Waals surface area contributed by atoms with Crippen LogP contribution >= 0.6 is 0 Å². The number of ether oxygens (including phenoxy) is 4. The van der Waals surface area contributed by atoms with Gasteiger partial charge in [0.15, 0.2) is 16.9 Å². The molecule has 0 aliphatic carbocycles. The molecule has 0 spiro atoms. The third-order valence-corrected chi connectivity index (χ3v) is 3.99. The number of fused-ring (bicyclic) bond motifs is 1. The van der Waals surface area contributed by atoms with Crippen LogP contribution in [0.25, 0.3) is 22.3 Å². The second-order valence-corrected chi connectivity index (χ2v) is 5.33. The number of methoxy groups -OCH3 is 4. The molecule has 1 aromatic heterocycles. The van der Waals surface area contributed by atoms with Crippen LogP contribution in [-0.4, -0.2) is 33.5 Å². The first-order chi connectivity index (χ1) is 12.6. The summed E-state index contributed by atoms with van der Waals surface area (Å²) in [7, 11) is 5.60. The van der Waals surface area contributed by atoms with Crippen molar-refractivity contribution in [1.82, 2.24) is 0 Å². The standard InChI is InChI=1S/C19H18O7/c1-22-16-14(17(23-2)19(25-4)18(24-3)15(16)21)13-9-11(20)10-7-5-6-8-12(10)26-13/h5-9,21H,1-4H3. The van der Waals surface area contributed by atoms with Crippen molar-refractivity contribution in [2.24, 2.45) is 0 Å². The van der Waals surface area contributed by atoms with Gasteiger partial charge in [-0.3, -0.25) is 4.79 Å². The number of phenols is 1. The Hall–Kier alpha value is -3.35. The summed E-state index contributed by atoms with van der Waals surface area (Å²) in [6, 6.07) is 8.18. The molecule has 0 bridgehead atoms. The molecule has 0 aliphatic heterocycles. The maximum atomic E-state index is 12.5. The summed E-state index contributed by atoms with van der Waals surface area (Å²) in [5.74, 6) is 0.319. The Balaban J connectivity index is 2.44. The van der Waals surface area contributed by atoms with Gasteiger partial charge in [-0.2, -0.15) is 0 Å². The van der Waals surface area contributed by atoms with Crippen LogP contribution in [0.4, 0.5) is 0 Å². The number of rotatable bonds is 5. The molecular formula is C19H18O7. The van der Waals surface area contributed by atoms with Crippen molar-refractivity contribution in [3.63, 3.8) is 0 Å². The lowest BCUT2D eigenvalue weighted by Crippen LogP contribution is -2.04. The number of aromatic hydroxyl groups is 1. The normalized spacial score (nSPS) is 10.6. The van der Waals surface area contributed by atoms with E-state index in [2.05, 4.69) is 0 Å². The van der Waals surface area contributed by atoms with E-state index in [0.29, 0.717) is 11.0 Å². The van der Waals surface area contributed by atoms with E-state index < -0.39 is 0 Å². The van der Waals surface area contributed by atoms with Crippen molar-refractivity contribution < 1.29 is 28.5 Å². The number of phenolic OH excluding ortho intramolecular Hbond substituents is 1. The second kappa shape index (κ2) is 6.87. The first kappa shape index (κ1) is 17.5. The third-order valence-electron chi connectivity index (χ3n) is 3.99. The fourth-order valence-corrected chi connectivity index (χ4v) is 2.87. The fourth-order valence-electron chi connectivity index (χ4n) is 2.87. The highest BCUT2D eigenvalue weighted by atomic mass is 16.5. The summed E-state index contributed by atoms with van der Waals surface area (Å²) in [5.41, 5.74) is 0.404. The van der Waals surface area contributed by atoms with E-state index in [1.807, 2.05) is 0 Å². The molecule has 0 atom stereocenters. The van der Waals surface area contributed by atoms with Gasteiger partial charge in [0.05, 0.1) is 33.8 Å². The quantitative estimate of drug-likeness (QED) is 0.749. The molecule has 0 saturated heterocycles. The molecule has 2 aromatic carbocycles. The lowest BCUT2D eigenvalue weighted by Gasteiger charge is -2.20. The summed E-state index contributed by atoms with van der Waals surface area (Å²) in [4.78, 5) is 12.5. The van der Waals surface area contributed by atoms with E-state index in [1.165, 1.54) is 34.5 Å². The zero-order chi connectivity index (χ0) is 18.8. The van der Waals surface area contributed by atoms with Crippen LogP contribution in [0, 0.1) is 0 Å². The predicted octanol–water partition coefficient (Wildman–Crippen LogP) is 3.20. The van der Waals surface area contributed by atoms with Crippen LogP contribution < -0.4 is 24.4 Å². The average Bonchev–Trinajstić information content (AvgIpc) is 2.66. The smallest absolute Gasteiger partial charge is 0.211 e. The van der Waals surface area contributed by atoms with Gasteiger partial charge in [-0.05, 0) is 12.1 Å². The monoisotopic (exact) mass is 358 g/mol. The number of hydrogen-bond acceptors (Lipinski definition) is 7. The zero-order valence-corrected chi connectivity index (χ0v) is 14.8. The van der Waals surface area contributed by atoms with E-state index in [0.717, 1.165) is 0 Å². The van der Waals surface area contributed by atoms with Gasteiger partial charge >= 0.3 is 0 Å². The average molecular weight is 358 g/mol. The Kier molecular flexibility index (Phi) is 4.62. The first-order valence-electron chi connectivity index (χ1n) is 7.69. The molecule has 0 amide bonds. The summed E-state index contributed by atoms with van der Waals surface area (Å²) in [5, 5.41) is 11.0. The fraction of sp³-hybridized carbons (Fsp3) is 0.211. The summed E-state index contributed by atoms with van der Waals surface area (Å²) in [6.45, 7) is 0. The lowest BCUT2D eigenvalue weighted by atomic mass is 10.1. The highest BCUT2D eigenvalue weighted by Crippen LogP contribution is 2.56. The van der Waals surface area contributed by atoms with Gasteiger partial charge in [0.1, 0.15) is 16.9 Å². The van der Waals surface area contributed by atoms with Crippen molar-refractivity contribution in [3.05, 3.63) is 40.6 Å². The molecule has 0 radical (unpaired) electrons. The van der Waals surface area contributed by atoms with E-state index in [-0.39, 0.29) is 45.5 Å².